The van der Waals surface area contributed by atoms with Crippen molar-refractivity contribution >= 4 is 21.9 Å². The van der Waals surface area contributed by atoms with Crippen LogP contribution in [0.25, 0.3) is 0 Å². The van der Waals surface area contributed by atoms with Crippen molar-refractivity contribution in [1.29, 1.82) is 0 Å². The minimum absolute atomic E-state index is 0.00329. The molecule has 2 rings (SSSR count). The highest BCUT2D eigenvalue weighted by atomic mass is 32.2. The molecule has 0 unspecified atom stereocenters. The molecule has 0 spiro atoms. The van der Waals surface area contributed by atoms with Crippen LogP contribution in [0.2, 0.25) is 0 Å². The van der Waals surface area contributed by atoms with Crippen LogP contribution in [0.5, 0.6) is 0 Å². The number of benzene rings is 1. The van der Waals surface area contributed by atoms with Gasteiger partial charge in [0.2, 0.25) is 15.9 Å². The molecule has 8 heteroatoms. The number of amides is 1. The third-order valence-corrected chi connectivity index (χ3v) is 5.89. The van der Waals surface area contributed by atoms with Crippen molar-refractivity contribution in [3.8, 4) is 0 Å². The van der Waals surface area contributed by atoms with Gasteiger partial charge in [0.1, 0.15) is 6.04 Å². The van der Waals surface area contributed by atoms with E-state index in [-0.39, 0.29) is 16.7 Å². The fraction of sp³-hybridized carbons (Fsp3) is 0.529. The molecule has 0 saturated carbocycles. The molecule has 0 aromatic heterocycles. The van der Waals surface area contributed by atoms with Crippen LogP contribution < -0.4 is 4.72 Å². The maximum Gasteiger partial charge on any atom is 0.322 e. The van der Waals surface area contributed by atoms with Crippen LogP contribution in [0.1, 0.15) is 31.9 Å². The molecule has 1 aliphatic rings. The van der Waals surface area contributed by atoms with E-state index < -0.39 is 22.0 Å². The van der Waals surface area contributed by atoms with Crippen molar-refractivity contribution in [3.63, 3.8) is 0 Å². The third-order valence-electron chi connectivity index (χ3n) is 4.45. The summed E-state index contributed by atoms with van der Waals surface area (Å²) in [5.74, 6) is -1.58. The molecule has 0 radical (unpaired) electrons. The Bertz CT molecular complexity index is 773. The van der Waals surface area contributed by atoms with Crippen molar-refractivity contribution < 1.29 is 23.1 Å². The van der Waals surface area contributed by atoms with Crippen molar-refractivity contribution in [2.45, 2.75) is 44.6 Å². The summed E-state index contributed by atoms with van der Waals surface area (Å²) < 4.78 is 27.4. The Balaban J connectivity index is 2.27. The van der Waals surface area contributed by atoms with Crippen molar-refractivity contribution in [3.05, 3.63) is 29.3 Å². The van der Waals surface area contributed by atoms with Crippen LogP contribution in [0.3, 0.4) is 0 Å². The van der Waals surface area contributed by atoms with E-state index in [1.165, 1.54) is 13.0 Å². The number of aliphatic carboxylic acids is 1. The average Bonchev–Trinajstić information content (AvgIpc) is 2.74. The van der Waals surface area contributed by atoms with Gasteiger partial charge in [-0.15, -0.1) is 0 Å². The summed E-state index contributed by atoms with van der Waals surface area (Å²) in [6, 6.07) is 3.64. The summed E-state index contributed by atoms with van der Waals surface area (Å²) in [6.45, 7) is 5.97. The first-order valence-electron chi connectivity index (χ1n) is 8.24. The standard InChI is InChI=1S/C17H24N2O5S/c1-11(2)16(17(21)22)18-25(23,24)15-5-4-13-6-8-19(12(3)20)9-7-14(13)10-15/h4-5,10-11,16,18H,6-9H2,1-3H3,(H,21,22)/t16-/m0/s1. The number of hydrogen-bond acceptors (Lipinski definition) is 4. The molecule has 0 bridgehead atoms. The zero-order chi connectivity index (χ0) is 18.8. The van der Waals surface area contributed by atoms with Gasteiger partial charge in [0.25, 0.3) is 0 Å². The Hall–Kier alpha value is -1.93. The molecule has 0 aliphatic carbocycles. The van der Waals surface area contributed by atoms with Crippen molar-refractivity contribution in [1.82, 2.24) is 9.62 Å². The van der Waals surface area contributed by atoms with Crippen LogP contribution in [-0.4, -0.2) is 49.4 Å². The van der Waals surface area contributed by atoms with E-state index in [0.29, 0.717) is 25.9 Å². The molecular weight excluding hydrogens is 344 g/mol. The van der Waals surface area contributed by atoms with Gasteiger partial charge in [-0.1, -0.05) is 19.9 Å². The zero-order valence-corrected chi connectivity index (χ0v) is 15.5. The second kappa shape index (κ2) is 7.53. The average molecular weight is 368 g/mol. The Morgan fingerprint density at radius 2 is 1.76 bits per heavy atom. The number of carboxylic acid groups (broad SMARTS) is 1. The van der Waals surface area contributed by atoms with Crippen LogP contribution in [-0.2, 0) is 32.5 Å². The second-order valence-corrected chi connectivity index (χ2v) is 8.33. The van der Waals surface area contributed by atoms with Gasteiger partial charge in [-0.05, 0) is 42.0 Å². The van der Waals surface area contributed by atoms with E-state index in [1.54, 1.807) is 30.9 Å². The molecule has 138 valence electrons. The summed E-state index contributed by atoms with van der Waals surface area (Å²) in [5, 5.41) is 9.20. The molecule has 0 fully saturated rings. The Morgan fingerprint density at radius 3 is 2.28 bits per heavy atom. The summed E-state index contributed by atoms with van der Waals surface area (Å²) in [6.07, 6.45) is 1.25. The van der Waals surface area contributed by atoms with Gasteiger partial charge < -0.3 is 10.0 Å². The Labute approximate surface area is 148 Å². The molecule has 1 aromatic carbocycles. The SMILES string of the molecule is CC(=O)N1CCc2ccc(S(=O)(=O)N[C@H](C(=O)O)C(C)C)cc2CC1. The number of hydrogen-bond donors (Lipinski definition) is 2. The maximum atomic E-state index is 12.6. The molecule has 1 aromatic rings. The minimum atomic E-state index is -3.94. The lowest BCUT2D eigenvalue weighted by Crippen LogP contribution is -2.44. The van der Waals surface area contributed by atoms with Crippen molar-refractivity contribution in [2.24, 2.45) is 5.92 Å². The summed E-state index contributed by atoms with van der Waals surface area (Å²) in [5.41, 5.74) is 1.89. The number of nitrogens with zero attached hydrogens (tertiary/aromatic N) is 1. The summed E-state index contributed by atoms with van der Waals surface area (Å²) >= 11 is 0. The highest BCUT2D eigenvalue weighted by Crippen LogP contribution is 2.21. The monoisotopic (exact) mass is 368 g/mol. The van der Waals surface area contributed by atoms with Gasteiger partial charge in [-0.2, -0.15) is 4.72 Å². The highest BCUT2D eigenvalue weighted by Gasteiger charge is 2.28. The molecule has 0 saturated heterocycles. The summed E-state index contributed by atoms with van der Waals surface area (Å²) in [7, 11) is -3.94. The number of fused-ring (bicyclic) bond motifs is 1. The van der Waals surface area contributed by atoms with E-state index in [9.17, 15) is 23.1 Å². The van der Waals surface area contributed by atoms with Gasteiger partial charge in [-0.3, -0.25) is 9.59 Å². The first kappa shape index (κ1) is 19.4. The predicted octanol–water partition coefficient (Wildman–Crippen LogP) is 1.02. The Morgan fingerprint density at radius 1 is 1.16 bits per heavy atom. The largest absolute Gasteiger partial charge is 0.480 e. The first-order chi connectivity index (χ1) is 11.6. The minimum Gasteiger partial charge on any atom is -0.480 e. The number of rotatable bonds is 5. The molecule has 1 heterocycles. The van der Waals surface area contributed by atoms with Crippen molar-refractivity contribution in [2.75, 3.05) is 13.1 Å². The molecule has 1 amide bonds. The topological polar surface area (TPSA) is 104 Å². The zero-order valence-electron chi connectivity index (χ0n) is 14.7. The molecule has 25 heavy (non-hydrogen) atoms. The van der Waals surface area contributed by atoms with Gasteiger partial charge in [-0.25, -0.2) is 8.42 Å². The van der Waals surface area contributed by atoms with Crippen LogP contribution in [0, 0.1) is 5.92 Å². The molecule has 2 N–H and O–H groups in total. The Kier molecular flexibility index (Phi) is 5.84. The smallest absolute Gasteiger partial charge is 0.322 e. The number of sulfonamides is 1. The van der Waals surface area contributed by atoms with E-state index in [4.69, 9.17) is 0 Å². The molecule has 1 atom stereocenters. The lowest BCUT2D eigenvalue weighted by Gasteiger charge is -2.18. The van der Waals surface area contributed by atoms with Gasteiger partial charge >= 0.3 is 5.97 Å². The van der Waals surface area contributed by atoms with Gasteiger partial charge in [0.15, 0.2) is 0 Å². The van der Waals surface area contributed by atoms with Crippen LogP contribution in [0.15, 0.2) is 23.1 Å². The normalized spacial score (nSPS) is 16.2. The quantitative estimate of drug-likeness (QED) is 0.808. The predicted molar refractivity (Wildman–Crippen MR) is 92.7 cm³/mol. The number of nitrogens with one attached hydrogen (secondary N) is 1. The number of carbonyl (C=O) groups is 2. The van der Waals surface area contributed by atoms with Gasteiger partial charge in [0, 0.05) is 20.0 Å². The molecular formula is C17H24N2O5S. The van der Waals surface area contributed by atoms with E-state index in [2.05, 4.69) is 4.72 Å². The lowest BCUT2D eigenvalue weighted by atomic mass is 10.0. The number of carbonyl (C=O) groups excluding carboxylic acids is 1. The molecule has 7 nitrogen and oxygen atoms in total. The lowest BCUT2D eigenvalue weighted by molar-refractivity contribution is -0.140. The van der Waals surface area contributed by atoms with E-state index in [0.717, 1.165) is 11.1 Å². The van der Waals surface area contributed by atoms with E-state index >= 15 is 0 Å². The maximum absolute atomic E-state index is 12.6. The first-order valence-corrected chi connectivity index (χ1v) is 9.72. The number of carboxylic acids is 1. The highest BCUT2D eigenvalue weighted by molar-refractivity contribution is 7.89. The fourth-order valence-electron chi connectivity index (χ4n) is 2.89. The second-order valence-electron chi connectivity index (χ2n) is 6.62. The third kappa shape index (κ3) is 4.58. The molecule has 1 aliphatic heterocycles. The summed E-state index contributed by atoms with van der Waals surface area (Å²) in [4.78, 5) is 24.6. The van der Waals surface area contributed by atoms with Crippen LogP contribution in [0.4, 0.5) is 0 Å². The fourth-order valence-corrected chi connectivity index (χ4v) is 4.28. The van der Waals surface area contributed by atoms with Gasteiger partial charge in [0.05, 0.1) is 4.90 Å². The van der Waals surface area contributed by atoms with E-state index in [1.807, 2.05) is 0 Å². The van der Waals surface area contributed by atoms with Crippen LogP contribution >= 0.6 is 0 Å².